The van der Waals surface area contributed by atoms with E-state index in [1.807, 2.05) is 0 Å². The van der Waals surface area contributed by atoms with Gasteiger partial charge >= 0.3 is 0 Å². The highest BCUT2D eigenvalue weighted by Gasteiger charge is 2.38. The SMILES string of the molecule is CCCN(CC)CCNC(C)C1CC2C=CC1C2. The summed E-state index contributed by atoms with van der Waals surface area (Å²) < 4.78 is 0. The lowest BCUT2D eigenvalue weighted by Crippen LogP contribution is -2.40. The highest BCUT2D eigenvalue weighted by Crippen LogP contribution is 2.44. The molecule has 2 heteroatoms. The van der Waals surface area contributed by atoms with Gasteiger partial charge in [-0.15, -0.1) is 0 Å². The third-order valence-electron chi connectivity index (χ3n) is 4.85. The molecule has 0 aromatic carbocycles. The van der Waals surface area contributed by atoms with E-state index in [1.54, 1.807) is 0 Å². The van der Waals surface area contributed by atoms with Crippen LogP contribution in [0.1, 0.15) is 40.0 Å². The Labute approximate surface area is 113 Å². The van der Waals surface area contributed by atoms with E-state index in [0.717, 1.165) is 24.3 Å². The number of allylic oxidation sites excluding steroid dienone is 2. The topological polar surface area (TPSA) is 15.3 Å². The van der Waals surface area contributed by atoms with Gasteiger partial charge in [-0.25, -0.2) is 0 Å². The van der Waals surface area contributed by atoms with E-state index < -0.39 is 0 Å². The summed E-state index contributed by atoms with van der Waals surface area (Å²) in [4.78, 5) is 2.54. The van der Waals surface area contributed by atoms with Gasteiger partial charge in [0.2, 0.25) is 0 Å². The third-order valence-corrected chi connectivity index (χ3v) is 4.85. The molecule has 18 heavy (non-hydrogen) atoms. The molecular formula is C16H30N2. The molecule has 104 valence electrons. The van der Waals surface area contributed by atoms with Crippen molar-refractivity contribution < 1.29 is 0 Å². The van der Waals surface area contributed by atoms with Crippen molar-refractivity contribution in [3.05, 3.63) is 12.2 Å². The van der Waals surface area contributed by atoms with Crippen molar-refractivity contribution in [3.63, 3.8) is 0 Å². The van der Waals surface area contributed by atoms with E-state index in [2.05, 4.69) is 43.1 Å². The van der Waals surface area contributed by atoms with Gasteiger partial charge in [0.05, 0.1) is 0 Å². The fourth-order valence-corrected chi connectivity index (χ4v) is 3.74. The Balaban J connectivity index is 1.66. The van der Waals surface area contributed by atoms with Crippen molar-refractivity contribution >= 4 is 0 Å². The number of nitrogens with one attached hydrogen (secondary N) is 1. The maximum absolute atomic E-state index is 3.76. The molecule has 0 aromatic rings. The molecule has 0 spiro atoms. The fraction of sp³-hybridized carbons (Fsp3) is 0.875. The molecule has 0 aromatic heterocycles. The summed E-state index contributed by atoms with van der Waals surface area (Å²) in [5, 5.41) is 3.76. The van der Waals surface area contributed by atoms with Crippen LogP contribution in [0.15, 0.2) is 12.2 Å². The smallest absolute Gasteiger partial charge is 0.0107 e. The van der Waals surface area contributed by atoms with Crippen LogP contribution in [0.4, 0.5) is 0 Å². The molecule has 0 heterocycles. The van der Waals surface area contributed by atoms with Crippen LogP contribution in [0.2, 0.25) is 0 Å². The Bertz CT molecular complexity index is 274. The van der Waals surface area contributed by atoms with Gasteiger partial charge in [0.25, 0.3) is 0 Å². The molecule has 1 saturated carbocycles. The number of rotatable bonds is 8. The van der Waals surface area contributed by atoms with Crippen LogP contribution in [0.25, 0.3) is 0 Å². The van der Waals surface area contributed by atoms with Crippen molar-refractivity contribution in [2.75, 3.05) is 26.2 Å². The molecule has 2 nitrogen and oxygen atoms in total. The first-order valence-electron chi connectivity index (χ1n) is 7.88. The van der Waals surface area contributed by atoms with Crippen molar-refractivity contribution in [1.29, 1.82) is 0 Å². The fourth-order valence-electron chi connectivity index (χ4n) is 3.74. The van der Waals surface area contributed by atoms with Gasteiger partial charge in [0, 0.05) is 19.1 Å². The van der Waals surface area contributed by atoms with Crippen LogP contribution in [0, 0.1) is 17.8 Å². The van der Waals surface area contributed by atoms with Gasteiger partial charge in [-0.1, -0.05) is 26.0 Å². The average Bonchev–Trinajstić information content (AvgIpc) is 2.99. The first kappa shape index (κ1) is 14.1. The first-order valence-corrected chi connectivity index (χ1v) is 7.88. The molecule has 0 saturated heterocycles. The second-order valence-corrected chi connectivity index (χ2v) is 6.12. The monoisotopic (exact) mass is 250 g/mol. The van der Waals surface area contributed by atoms with Gasteiger partial charge in [0.15, 0.2) is 0 Å². The number of nitrogens with zero attached hydrogens (tertiary/aromatic N) is 1. The van der Waals surface area contributed by atoms with Gasteiger partial charge < -0.3 is 10.2 Å². The number of fused-ring (bicyclic) bond motifs is 2. The van der Waals surface area contributed by atoms with E-state index in [4.69, 9.17) is 0 Å². The van der Waals surface area contributed by atoms with Crippen LogP contribution < -0.4 is 5.32 Å². The molecule has 2 aliphatic carbocycles. The largest absolute Gasteiger partial charge is 0.313 e. The lowest BCUT2D eigenvalue weighted by molar-refractivity contribution is 0.265. The summed E-state index contributed by atoms with van der Waals surface area (Å²) in [7, 11) is 0. The van der Waals surface area contributed by atoms with E-state index in [-0.39, 0.29) is 0 Å². The van der Waals surface area contributed by atoms with Gasteiger partial charge in [-0.05, 0) is 57.0 Å². The highest BCUT2D eigenvalue weighted by molar-refractivity contribution is 5.11. The van der Waals surface area contributed by atoms with Crippen LogP contribution >= 0.6 is 0 Å². The number of hydrogen-bond donors (Lipinski definition) is 1. The van der Waals surface area contributed by atoms with Crippen LogP contribution in [-0.2, 0) is 0 Å². The maximum atomic E-state index is 3.76. The maximum Gasteiger partial charge on any atom is 0.0107 e. The lowest BCUT2D eigenvalue weighted by Gasteiger charge is -2.28. The zero-order valence-corrected chi connectivity index (χ0v) is 12.4. The summed E-state index contributed by atoms with van der Waals surface area (Å²) in [5.41, 5.74) is 0. The van der Waals surface area contributed by atoms with Crippen molar-refractivity contribution in [1.82, 2.24) is 10.2 Å². The zero-order valence-electron chi connectivity index (χ0n) is 12.4. The van der Waals surface area contributed by atoms with Crippen LogP contribution in [-0.4, -0.2) is 37.1 Å². The Morgan fingerprint density at radius 3 is 2.61 bits per heavy atom. The quantitative estimate of drug-likeness (QED) is 0.666. The number of likely N-dealkylation sites (N-methyl/N-ethyl adjacent to an activating group) is 1. The standard InChI is InChI=1S/C16H30N2/c1-4-9-18(5-2)10-8-17-13(3)16-12-14-6-7-15(16)11-14/h6-7,13-17H,4-5,8-12H2,1-3H3. The minimum atomic E-state index is 0.685. The molecule has 0 aliphatic heterocycles. The predicted molar refractivity (Wildman–Crippen MR) is 78.7 cm³/mol. The van der Waals surface area contributed by atoms with E-state index >= 15 is 0 Å². The van der Waals surface area contributed by atoms with E-state index in [0.29, 0.717) is 6.04 Å². The summed E-state index contributed by atoms with van der Waals surface area (Å²) in [6.07, 6.45) is 9.01. The minimum absolute atomic E-state index is 0.685. The van der Waals surface area contributed by atoms with E-state index in [9.17, 15) is 0 Å². The van der Waals surface area contributed by atoms with Crippen molar-refractivity contribution in [2.45, 2.75) is 46.1 Å². The lowest BCUT2D eigenvalue weighted by atomic mass is 9.87. The minimum Gasteiger partial charge on any atom is -0.313 e. The van der Waals surface area contributed by atoms with Crippen molar-refractivity contribution in [3.8, 4) is 0 Å². The summed E-state index contributed by atoms with van der Waals surface area (Å²) >= 11 is 0. The molecule has 4 unspecified atom stereocenters. The second-order valence-electron chi connectivity index (χ2n) is 6.12. The highest BCUT2D eigenvalue weighted by atomic mass is 15.1. The summed E-state index contributed by atoms with van der Waals surface area (Å²) in [6, 6.07) is 0.685. The molecule has 4 atom stereocenters. The van der Waals surface area contributed by atoms with Crippen LogP contribution in [0.5, 0.6) is 0 Å². The summed E-state index contributed by atoms with van der Waals surface area (Å²) in [6.45, 7) is 11.7. The van der Waals surface area contributed by atoms with Gasteiger partial charge in [0.1, 0.15) is 0 Å². The zero-order chi connectivity index (χ0) is 13.0. The molecule has 0 radical (unpaired) electrons. The Hall–Kier alpha value is -0.340. The molecule has 1 fully saturated rings. The summed E-state index contributed by atoms with van der Waals surface area (Å²) in [5.74, 6) is 2.66. The molecule has 0 amide bonds. The molecule has 2 aliphatic rings. The third kappa shape index (κ3) is 3.36. The predicted octanol–water partition coefficient (Wildman–Crippen LogP) is 2.91. The Morgan fingerprint density at radius 2 is 2.06 bits per heavy atom. The molecule has 1 N–H and O–H groups in total. The molecular weight excluding hydrogens is 220 g/mol. The first-order chi connectivity index (χ1) is 8.74. The Morgan fingerprint density at radius 1 is 1.22 bits per heavy atom. The van der Waals surface area contributed by atoms with Gasteiger partial charge in [-0.3, -0.25) is 0 Å². The second kappa shape index (κ2) is 6.72. The normalized spacial score (nSPS) is 31.4. The van der Waals surface area contributed by atoms with E-state index in [1.165, 1.54) is 38.9 Å². The Kier molecular flexibility index (Phi) is 5.25. The van der Waals surface area contributed by atoms with Gasteiger partial charge in [-0.2, -0.15) is 0 Å². The molecule has 2 bridgehead atoms. The molecule has 2 rings (SSSR count). The van der Waals surface area contributed by atoms with Crippen LogP contribution in [0.3, 0.4) is 0 Å². The number of hydrogen-bond acceptors (Lipinski definition) is 2. The average molecular weight is 250 g/mol. The van der Waals surface area contributed by atoms with Crippen molar-refractivity contribution in [2.24, 2.45) is 17.8 Å².